The first-order valence-corrected chi connectivity index (χ1v) is 10.2. The molecule has 0 saturated heterocycles. The smallest absolute Gasteiger partial charge is 0.261 e. The van der Waals surface area contributed by atoms with Gasteiger partial charge in [-0.25, -0.2) is 8.42 Å². The van der Waals surface area contributed by atoms with Crippen molar-refractivity contribution in [1.29, 1.82) is 0 Å². The van der Waals surface area contributed by atoms with Crippen molar-refractivity contribution in [2.24, 2.45) is 0 Å². The fourth-order valence-electron chi connectivity index (χ4n) is 2.67. The normalized spacial score (nSPS) is 11.1. The maximum absolute atomic E-state index is 12.6. The van der Waals surface area contributed by atoms with Gasteiger partial charge in [0.1, 0.15) is 0 Å². The lowest BCUT2D eigenvalue weighted by Gasteiger charge is -2.17. The highest BCUT2D eigenvalue weighted by Crippen LogP contribution is 2.18. The molecule has 1 N–H and O–H groups in total. The molecule has 1 heterocycles. The molecule has 0 aliphatic rings. The van der Waals surface area contributed by atoms with Crippen LogP contribution in [0.3, 0.4) is 0 Å². The van der Waals surface area contributed by atoms with Crippen molar-refractivity contribution in [2.45, 2.75) is 18.4 Å². The Morgan fingerprint density at radius 3 is 2.18 bits per heavy atom. The summed E-state index contributed by atoms with van der Waals surface area (Å²) in [5.74, 6) is -0.188. The molecule has 0 unspecified atom stereocenters. The third kappa shape index (κ3) is 4.75. The Balaban J connectivity index is 1.71. The van der Waals surface area contributed by atoms with E-state index in [4.69, 9.17) is 0 Å². The predicted octanol–water partition coefficient (Wildman–Crippen LogP) is 3.46. The second kappa shape index (κ2) is 8.22. The minimum Gasteiger partial charge on any atom is -0.337 e. The molecule has 144 valence electrons. The number of anilines is 1. The fraction of sp³-hybridized carbons (Fsp3) is 0.143. The van der Waals surface area contributed by atoms with E-state index in [1.165, 1.54) is 24.3 Å². The first-order valence-electron chi connectivity index (χ1n) is 8.69. The number of hydrogen-bond acceptors (Lipinski definition) is 4. The van der Waals surface area contributed by atoms with Gasteiger partial charge in [-0.15, -0.1) is 0 Å². The van der Waals surface area contributed by atoms with Gasteiger partial charge in [0, 0.05) is 37.2 Å². The lowest BCUT2D eigenvalue weighted by Crippen LogP contribution is -2.26. The molecule has 0 atom stereocenters. The van der Waals surface area contributed by atoms with Crippen LogP contribution in [0.15, 0.2) is 78.0 Å². The van der Waals surface area contributed by atoms with Crippen molar-refractivity contribution in [1.82, 2.24) is 9.88 Å². The van der Waals surface area contributed by atoms with Crippen molar-refractivity contribution < 1.29 is 13.2 Å². The van der Waals surface area contributed by atoms with Gasteiger partial charge >= 0.3 is 0 Å². The van der Waals surface area contributed by atoms with Gasteiger partial charge in [-0.3, -0.25) is 14.5 Å². The molecule has 2 aromatic carbocycles. The number of nitrogens with one attached hydrogen (secondary N) is 1. The zero-order valence-corrected chi connectivity index (χ0v) is 16.5. The van der Waals surface area contributed by atoms with E-state index in [0.717, 1.165) is 11.1 Å². The summed E-state index contributed by atoms with van der Waals surface area (Å²) in [5.41, 5.74) is 2.92. The highest BCUT2D eigenvalue weighted by atomic mass is 32.2. The number of sulfonamides is 1. The molecular weight excluding hydrogens is 374 g/mol. The first kappa shape index (κ1) is 19.6. The summed E-state index contributed by atoms with van der Waals surface area (Å²) in [4.78, 5) is 18.2. The monoisotopic (exact) mass is 395 g/mol. The van der Waals surface area contributed by atoms with Crippen LogP contribution in [0.2, 0.25) is 0 Å². The lowest BCUT2D eigenvalue weighted by molar-refractivity contribution is 0.0785. The molecule has 0 fully saturated rings. The van der Waals surface area contributed by atoms with Gasteiger partial charge in [-0.1, -0.05) is 17.7 Å². The minimum atomic E-state index is -3.72. The van der Waals surface area contributed by atoms with Gasteiger partial charge in [0.15, 0.2) is 0 Å². The number of nitrogens with zero attached hydrogens (tertiary/aromatic N) is 2. The third-order valence-corrected chi connectivity index (χ3v) is 5.63. The summed E-state index contributed by atoms with van der Waals surface area (Å²) >= 11 is 0. The SMILES string of the molecule is Cc1ccc(NS(=O)(=O)c2ccc(C(=O)N(C)Cc3ccncc3)cc2)cc1. The number of carbonyl (C=O) groups is 1. The molecule has 1 aromatic heterocycles. The number of rotatable bonds is 6. The van der Waals surface area contributed by atoms with Gasteiger partial charge in [0.25, 0.3) is 15.9 Å². The molecule has 0 saturated carbocycles. The average molecular weight is 395 g/mol. The van der Waals surface area contributed by atoms with E-state index in [-0.39, 0.29) is 10.8 Å². The number of carbonyl (C=O) groups excluding carboxylic acids is 1. The number of aryl methyl sites for hydroxylation is 1. The number of pyridine rings is 1. The van der Waals surface area contributed by atoms with E-state index >= 15 is 0 Å². The molecule has 0 spiro atoms. The van der Waals surface area contributed by atoms with Gasteiger partial charge in [-0.05, 0) is 61.0 Å². The second-order valence-corrected chi connectivity index (χ2v) is 8.19. The molecule has 1 amide bonds. The van der Waals surface area contributed by atoms with E-state index in [0.29, 0.717) is 17.8 Å². The third-order valence-electron chi connectivity index (χ3n) is 4.23. The van der Waals surface area contributed by atoms with Crippen LogP contribution in [0.4, 0.5) is 5.69 Å². The highest BCUT2D eigenvalue weighted by Gasteiger charge is 2.17. The lowest BCUT2D eigenvalue weighted by atomic mass is 10.2. The number of aromatic nitrogens is 1. The molecule has 3 aromatic rings. The summed E-state index contributed by atoms with van der Waals surface area (Å²) in [5, 5.41) is 0. The van der Waals surface area contributed by atoms with E-state index in [1.54, 1.807) is 36.5 Å². The number of amides is 1. The van der Waals surface area contributed by atoms with Crippen LogP contribution in [0.5, 0.6) is 0 Å². The maximum Gasteiger partial charge on any atom is 0.261 e. The summed E-state index contributed by atoms with van der Waals surface area (Å²) in [7, 11) is -2.02. The summed E-state index contributed by atoms with van der Waals surface area (Å²) in [6.45, 7) is 2.37. The zero-order valence-electron chi connectivity index (χ0n) is 15.7. The summed E-state index contributed by atoms with van der Waals surface area (Å²) in [6.07, 6.45) is 3.35. The van der Waals surface area contributed by atoms with Crippen LogP contribution in [-0.4, -0.2) is 31.3 Å². The minimum absolute atomic E-state index is 0.0985. The quantitative estimate of drug-likeness (QED) is 0.693. The van der Waals surface area contributed by atoms with E-state index in [1.807, 2.05) is 31.2 Å². The fourth-order valence-corrected chi connectivity index (χ4v) is 3.73. The van der Waals surface area contributed by atoms with Crippen molar-refractivity contribution >= 4 is 21.6 Å². The molecule has 7 heteroatoms. The number of benzene rings is 2. The molecule has 6 nitrogen and oxygen atoms in total. The van der Waals surface area contributed by atoms with E-state index in [2.05, 4.69) is 9.71 Å². The van der Waals surface area contributed by atoms with Crippen LogP contribution in [0.25, 0.3) is 0 Å². The van der Waals surface area contributed by atoms with Gasteiger partial charge < -0.3 is 4.90 Å². The molecule has 0 aliphatic heterocycles. The van der Waals surface area contributed by atoms with E-state index in [9.17, 15) is 13.2 Å². The van der Waals surface area contributed by atoms with E-state index < -0.39 is 10.0 Å². The van der Waals surface area contributed by atoms with Crippen LogP contribution < -0.4 is 4.72 Å². The molecule has 0 bridgehead atoms. The average Bonchev–Trinajstić information content (AvgIpc) is 2.70. The summed E-state index contributed by atoms with van der Waals surface area (Å²) < 4.78 is 27.6. The van der Waals surface area contributed by atoms with Crippen molar-refractivity contribution in [3.05, 3.63) is 89.7 Å². The van der Waals surface area contributed by atoms with Crippen LogP contribution in [0.1, 0.15) is 21.5 Å². The van der Waals surface area contributed by atoms with Crippen molar-refractivity contribution in [2.75, 3.05) is 11.8 Å². The van der Waals surface area contributed by atoms with Gasteiger partial charge in [0.2, 0.25) is 0 Å². The van der Waals surface area contributed by atoms with Crippen LogP contribution in [-0.2, 0) is 16.6 Å². The molecule has 3 rings (SSSR count). The maximum atomic E-state index is 12.6. The van der Waals surface area contributed by atoms with Crippen LogP contribution >= 0.6 is 0 Å². The van der Waals surface area contributed by atoms with Gasteiger partial charge in [-0.2, -0.15) is 0 Å². The molecule has 28 heavy (non-hydrogen) atoms. The van der Waals surface area contributed by atoms with Crippen LogP contribution in [0, 0.1) is 6.92 Å². The largest absolute Gasteiger partial charge is 0.337 e. The zero-order chi connectivity index (χ0) is 20.1. The molecule has 0 aliphatic carbocycles. The van der Waals surface area contributed by atoms with Gasteiger partial charge in [0.05, 0.1) is 4.90 Å². The number of hydrogen-bond donors (Lipinski definition) is 1. The Bertz CT molecular complexity index is 1050. The Morgan fingerprint density at radius 2 is 1.57 bits per heavy atom. The Morgan fingerprint density at radius 1 is 0.964 bits per heavy atom. The van der Waals surface area contributed by atoms with Crippen molar-refractivity contribution in [3.8, 4) is 0 Å². The topological polar surface area (TPSA) is 79.4 Å². The second-order valence-electron chi connectivity index (χ2n) is 6.51. The Labute approximate surface area is 164 Å². The molecule has 0 radical (unpaired) electrons. The highest BCUT2D eigenvalue weighted by molar-refractivity contribution is 7.92. The standard InChI is InChI=1S/C21H21N3O3S/c1-16-3-7-19(8-4-16)23-28(26,27)20-9-5-18(6-10-20)21(25)24(2)15-17-11-13-22-14-12-17/h3-14,23H,15H2,1-2H3. The molecular formula is C21H21N3O3S. The first-order chi connectivity index (χ1) is 13.3. The Hall–Kier alpha value is -3.19. The summed E-state index contributed by atoms with van der Waals surface area (Å²) in [6, 6.07) is 16.7. The Kier molecular flexibility index (Phi) is 5.75. The predicted molar refractivity (Wildman–Crippen MR) is 108 cm³/mol. The van der Waals surface area contributed by atoms with Crippen molar-refractivity contribution in [3.63, 3.8) is 0 Å².